The minimum atomic E-state index is 0.543. The van der Waals surface area contributed by atoms with Gasteiger partial charge in [-0.2, -0.15) is 0 Å². The molecule has 1 rings (SSSR count). The van der Waals surface area contributed by atoms with E-state index in [1.54, 1.807) is 0 Å². The van der Waals surface area contributed by atoms with Gasteiger partial charge in [-0.1, -0.05) is 47.0 Å². The Morgan fingerprint density at radius 1 is 1.17 bits per heavy atom. The number of rotatable bonds is 1. The fourth-order valence-electron chi connectivity index (χ4n) is 2.61. The van der Waals surface area contributed by atoms with Crippen LogP contribution in [0.5, 0.6) is 0 Å². The Labute approximate surface area is 77.7 Å². The van der Waals surface area contributed by atoms with Crippen LogP contribution in [-0.2, 0) is 0 Å². The van der Waals surface area contributed by atoms with Crippen molar-refractivity contribution in [3.63, 3.8) is 0 Å². The topological polar surface area (TPSA) is 0 Å². The van der Waals surface area contributed by atoms with Crippen molar-refractivity contribution in [1.29, 1.82) is 0 Å². The summed E-state index contributed by atoms with van der Waals surface area (Å²) in [5.74, 6) is 2.01. The SMILES string of the molecule is C[C@H]1CCC[C@H](CC(C)(C)C)C1. The van der Waals surface area contributed by atoms with E-state index in [1.165, 1.54) is 32.1 Å². The molecule has 0 aliphatic heterocycles. The third-order valence-corrected chi connectivity index (χ3v) is 2.95. The molecule has 0 spiro atoms. The maximum Gasteiger partial charge on any atom is -0.0380 e. The van der Waals surface area contributed by atoms with Crippen molar-refractivity contribution in [2.24, 2.45) is 17.3 Å². The molecule has 2 atom stereocenters. The van der Waals surface area contributed by atoms with Gasteiger partial charge in [-0.05, 0) is 30.1 Å². The molecule has 1 aliphatic carbocycles. The highest BCUT2D eigenvalue weighted by atomic mass is 14.3. The largest absolute Gasteiger partial charge is 0.0625 e. The lowest BCUT2D eigenvalue weighted by atomic mass is 9.74. The van der Waals surface area contributed by atoms with Gasteiger partial charge in [0.15, 0.2) is 0 Å². The second kappa shape index (κ2) is 3.81. The molecule has 0 unspecified atom stereocenters. The smallest absolute Gasteiger partial charge is 0.0380 e. The molecular formula is C12H24. The molecule has 0 aromatic carbocycles. The summed E-state index contributed by atoms with van der Waals surface area (Å²) in [4.78, 5) is 0. The highest BCUT2D eigenvalue weighted by Gasteiger charge is 2.23. The quantitative estimate of drug-likeness (QED) is 0.549. The third kappa shape index (κ3) is 3.60. The van der Waals surface area contributed by atoms with E-state index in [-0.39, 0.29) is 0 Å². The summed E-state index contributed by atoms with van der Waals surface area (Å²) < 4.78 is 0. The summed E-state index contributed by atoms with van der Waals surface area (Å²) in [7, 11) is 0. The van der Waals surface area contributed by atoms with Gasteiger partial charge < -0.3 is 0 Å². The lowest BCUT2D eigenvalue weighted by Crippen LogP contribution is -2.19. The molecule has 1 saturated carbocycles. The zero-order valence-electron chi connectivity index (χ0n) is 9.19. The molecule has 1 fully saturated rings. The maximum absolute atomic E-state index is 2.41. The van der Waals surface area contributed by atoms with Crippen LogP contribution in [0.15, 0.2) is 0 Å². The summed E-state index contributed by atoms with van der Waals surface area (Å²) in [5, 5.41) is 0. The standard InChI is InChI=1S/C12H24/c1-10-6-5-7-11(8-10)9-12(2,3)4/h10-11H,5-9H2,1-4H3/t10-,11-/m0/s1. The van der Waals surface area contributed by atoms with Crippen molar-refractivity contribution in [1.82, 2.24) is 0 Å². The van der Waals surface area contributed by atoms with E-state index in [0.29, 0.717) is 5.41 Å². The average molecular weight is 168 g/mol. The van der Waals surface area contributed by atoms with Crippen molar-refractivity contribution < 1.29 is 0 Å². The average Bonchev–Trinajstić information content (AvgIpc) is 1.82. The lowest BCUT2D eigenvalue weighted by molar-refractivity contribution is 0.205. The van der Waals surface area contributed by atoms with Crippen molar-refractivity contribution >= 4 is 0 Å². The summed E-state index contributed by atoms with van der Waals surface area (Å²) in [5.41, 5.74) is 0.543. The van der Waals surface area contributed by atoms with Gasteiger partial charge in [-0.3, -0.25) is 0 Å². The lowest BCUT2D eigenvalue weighted by Gasteiger charge is -2.31. The predicted octanol–water partition coefficient (Wildman–Crippen LogP) is 4.25. The van der Waals surface area contributed by atoms with Crippen LogP contribution in [0, 0.1) is 17.3 Å². The van der Waals surface area contributed by atoms with Gasteiger partial charge in [0.1, 0.15) is 0 Å². The fourth-order valence-corrected chi connectivity index (χ4v) is 2.61. The molecule has 0 aromatic rings. The first kappa shape index (κ1) is 10.1. The Hall–Kier alpha value is 0. The van der Waals surface area contributed by atoms with Crippen molar-refractivity contribution in [3.8, 4) is 0 Å². The van der Waals surface area contributed by atoms with Crippen molar-refractivity contribution in [3.05, 3.63) is 0 Å². The van der Waals surface area contributed by atoms with E-state index in [9.17, 15) is 0 Å². The van der Waals surface area contributed by atoms with Crippen LogP contribution in [0.2, 0.25) is 0 Å². The predicted molar refractivity (Wildman–Crippen MR) is 55.2 cm³/mol. The molecule has 0 radical (unpaired) electrons. The minimum Gasteiger partial charge on any atom is -0.0625 e. The van der Waals surface area contributed by atoms with Crippen LogP contribution >= 0.6 is 0 Å². The van der Waals surface area contributed by atoms with Gasteiger partial charge in [0.25, 0.3) is 0 Å². The first-order valence-electron chi connectivity index (χ1n) is 5.47. The Morgan fingerprint density at radius 2 is 1.83 bits per heavy atom. The molecule has 0 N–H and O–H groups in total. The molecule has 0 heteroatoms. The van der Waals surface area contributed by atoms with Crippen LogP contribution in [0.3, 0.4) is 0 Å². The molecule has 0 bridgehead atoms. The first-order chi connectivity index (χ1) is 5.47. The molecule has 0 aromatic heterocycles. The minimum absolute atomic E-state index is 0.543. The van der Waals surface area contributed by atoms with Crippen LogP contribution in [0.25, 0.3) is 0 Å². The summed E-state index contributed by atoms with van der Waals surface area (Å²) in [6.07, 6.45) is 7.35. The first-order valence-corrected chi connectivity index (χ1v) is 5.47. The maximum atomic E-state index is 2.41. The van der Waals surface area contributed by atoms with E-state index in [2.05, 4.69) is 27.7 Å². The summed E-state index contributed by atoms with van der Waals surface area (Å²) in [6, 6.07) is 0. The molecule has 0 saturated heterocycles. The van der Waals surface area contributed by atoms with E-state index in [4.69, 9.17) is 0 Å². The van der Waals surface area contributed by atoms with E-state index in [1.807, 2.05) is 0 Å². The van der Waals surface area contributed by atoms with Gasteiger partial charge >= 0.3 is 0 Å². The van der Waals surface area contributed by atoms with Crippen molar-refractivity contribution in [2.75, 3.05) is 0 Å². The molecule has 72 valence electrons. The van der Waals surface area contributed by atoms with E-state index >= 15 is 0 Å². The third-order valence-electron chi connectivity index (χ3n) is 2.95. The molecule has 0 amide bonds. The molecule has 0 heterocycles. The molecule has 12 heavy (non-hydrogen) atoms. The summed E-state index contributed by atoms with van der Waals surface area (Å²) >= 11 is 0. The zero-order chi connectivity index (χ0) is 9.19. The van der Waals surface area contributed by atoms with Gasteiger partial charge in [0.2, 0.25) is 0 Å². The van der Waals surface area contributed by atoms with Crippen LogP contribution in [0.1, 0.15) is 59.8 Å². The van der Waals surface area contributed by atoms with Crippen LogP contribution < -0.4 is 0 Å². The van der Waals surface area contributed by atoms with Crippen LogP contribution in [0.4, 0.5) is 0 Å². The van der Waals surface area contributed by atoms with Crippen molar-refractivity contribution in [2.45, 2.75) is 59.8 Å². The fraction of sp³-hybridized carbons (Fsp3) is 1.00. The highest BCUT2D eigenvalue weighted by Crippen LogP contribution is 2.36. The Kier molecular flexibility index (Phi) is 3.20. The van der Waals surface area contributed by atoms with E-state index in [0.717, 1.165) is 11.8 Å². The Balaban J connectivity index is 2.32. The highest BCUT2D eigenvalue weighted by molar-refractivity contribution is 4.75. The van der Waals surface area contributed by atoms with Gasteiger partial charge in [0, 0.05) is 0 Å². The number of hydrogen-bond donors (Lipinski definition) is 0. The van der Waals surface area contributed by atoms with E-state index < -0.39 is 0 Å². The Morgan fingerprint density at radius 3 is 2.33 bits per heavy atom. The second-order valence-corrected chi connectivity index (χ2v) is 5.90. The molecule has 0 nitrogen and oxygen atoms in total. The molecular weight excluding hydrogens is 144 g/mol. The normalized spacial score (nSPS) is 32.0. The van der Waals surface area contributed by atoms with Crippen LogP contribution in [-0.4, -0.2) is 0 Å². The van der Waals surface area contributed by atoms with Gasteiger partial charge in [0.05, 0.1) is 0 Å². The zero-order valence-corrected chi connectivity index (χ0v) is 9.19. The van der Waals surface area contributed by atoms with Gasteiger partial charge in [-0.25, -0.2) is 0 Å². The van der Waals surface area contributed by atoms with Gasteiger partial charge in [-0.15, -0.1) is 0 Å². The molecule has 1 aliphatic rings. The monoisotopic (exact) mass is 168 g/mol. The second-order valence-electron chi connectivity index (χ2n) is 5.90. The number of hydrogen-bond acceptors (Lipinski definition) is 0. The summed E-state index contributed by atoms with van der Waals surface area (Å²) in [6.45, 7) is 9.51. The Bertz CT molecular complexity index is 129.